The lowest BCUT2D eigenvalue weighted by Gasteiger charge is -2.05. The summed E-state index contributed by atoms with van der Waals surface area (Å²) in [5.74, 6) is 0.629. The van der Waals surface area contributed by atoms with E-state index < -0.39 is 0 Å². The van der Waals surface area contributed by atoms with Gasteiger partial charge in [0.25, 0.3) is 0 Å². The Labute approximate surface area is 162 Å². The number of hydrogen-bond donors (Lipinski definition) is 1. The lowest BCUT2D eigenvalue weighted by molar-refractivity contribution is 0.0526. The normalized spacial score (nSPS) is 14.0. The van der Waals surface area contributed by atoms with Crippen molar-refractivity contribution in [3.8, 4) is 0 Å². The molecule has 1 aliphatic rings. The van der Waals surface area contributed by atoms with E-state index in [0.29, 0.717) is 18.2 Å². The second-order valence-electron chi connectivity index (χ2n) is 6.63. The second-order valence-corrected chi connectivity index (χ2v) is 7.51. The Bertz CT molecular complexity index is 1020. The van der Waals surface area contributed by atoms with Crippen LogP contribution in [0.15, 0.2) is 29.9 Å². The van der Waals surface area contributed by atoms with Crippen LogP contribution in [0.4, 0.5) is 5.82 Å². The molecule has 0 saturated heterocycles. The molecule has 0 amide bonds. The molecule has 1 aliphatic carbocycles. The highest BCUT2D eigenvalue weighted by Gasteiger charge is 2.22. The highest BCUT2D eigenvalue weighted by molar-refractivity contribution is 7.18. The number of anilines is 1. The van der Waals surface area contributed by atoms with E-state index in [1.165, 1.54) is 12.8 Å². The van der Waals surface area contributed by atoms with E-state index in [4.69, 9.17) is 4.74 Å². The topological polar surface area (TPSA) is 64.1 Å². The van der Waals surface area contributed by atoms with Gasteiger partial charge in [-0.3, -0.25) is 0 Å². The van der Waals surface area contributed by atoms with Gasteiger partial charge in [0.2, 0.25) is 0 Å². The summed E-state index contributed by atoms with van der Waals surface area (Å²) in [6.45, 7) is 4.21. The predicted molar refractivity (Wildman–Crippen MR) is 110 cm³/mol. The Hall–Kier alpha value is -2.73. The number of benzene rings is 1. The third-order valence-electron chi connectivity index (χ3n) is 4.53. The van der Waals surface area contributed by atoms with Gasteiger partial charge in [0.1, 0.15) is 12.1 Å². The van der Waals surface area contributed by atoms with Crippen LogP contribution in [0.25, 0.3) is 22.4 Å². The molecular formula is C21H21N3O2S. The van der Waals surface area contributed by atoms with Gasteiger partial charge in [-0.25, -0.2) is 14.8 Å². The van der Waals surface area contributed by atoms with Crippen molar-refractivity contribution in [2.24, 2.45) is 0 Å². The number of aromatic nitrogens is 2. The molecule has 1 saturated carbocycles. The molecule has 0 atom stereocenters. The molecule has 5 nitrogen and oxygen atoms in total. The zero-order valence-corrected chi connectivity index (χ0v) is 16.2. The van der Waals surface area contributed by atoms with Crippen molar-refractivity contribution in [3.63, 3.8) is 0 Å². The summed E-state index contributed by atoms with van der Waals surface area (Å²) in [5, 5.41) is 5.57. The third-order valence-corrected chi connectivity index (χ3v) is 5.53. The minimum atomic E-state index is -0.295. The maximum atomic E-state index is 12.0. The van der Waals surface area contributed by atoms with Crippen LogP contribution in [0.5, 0.6) is 0 Å². The lowest BCUT2D eigenvalue weighted by atomic mass is 10.0. The van der Waals surface area contributed by atoms with E-state index in [9.17, 15) is 4.79 Å². The van der Waals surface area contributed by atoms with Crippen molar-refractivity contribution < 1.29 is 9.53 Å². The monoisotopic (exact) mass is 379 g/mol. The van der Waals surface area contributed by atoms with E-state index in [-0.39, 0.29) is 5.97 Å². The summed E-state index contributed by atoms with van der Waals surface area (Å²) in [4.78, 5) is 20.8. The van der Waals surface area contributed by atoms with Crippen LogP contribution in [-0.2, 0) is 4.74 Å². The average molecular weight is 379 g/mol. The SMILES string of the molecule is CCOC(=O)c1ccc(C)c(/C=C/c2csc3c(NC4CC4)ncnc23)c1. The number of fused-ring (bicyclic) bond motifs is 1. The van der Waals surface area contributed by atoms with Gasteiger partial charge in [-0.15, -0.1) is 11.3 Å². The predicted octanol–water partition coefficient (Wildman–Crippen LogP) is 4.92. The molecule has 1 N–H and O–H groups in total. The summed E-state index contributed by atoms with van der Waals surface area (Å²) in [5.41, 5.74) is 4.66. The van der Waals surface area contributed by atoms with Crippen molar-refractivity contribution in [3.05, 3.63) is 52.2 Å². The van der Waals surface area contributed by atoms with Crippen molar-refractivity contribution >= 4 is 45.5 Å². The first-order chi connectivity index (χ1) is 13.2. The summed E-state index contributed by atoms with van der Waals surface area (Å²) in [7, 11) is 0. The fourth-order valence-electron chi connectivity index (χ4n) is 2.85. The van der Waals surface area contributed by atoms with Crippen LogP contribution in [-0.4, -0.2) is 28.6 Å². The van der Waals surface area contributed by atoms with Crippen LogP contribution < -0.4 is 5.32 Å². The number of esters is 1. The maximum absolute atomic E-state index is 12.0. The molecular weight excluding hydrogens is 358 g/mol. The molecule has 6 heteroatoms. The van der Waals surface area contributed by atoms with Crippen molar-refractivity contribution in [2.45, 2.75) is 32.7 Å². The van der Waals surface area contributed by atoms with E-state index in [1.807, 2.05) is 38.1 Å². The molecule has 1 aromatic carbocycles. The van der Waals surface area contributed by atoms with Gasteiger partial charge in [-0.05, 0) is 49.9 Å². The van der Waals surface area contributed by atoms with Gasteiger partial charge in [0, 0.05) is 17.0 Å². The van der Waals surface area contributed by atoms with Gasteiger partial charge < -0.3 is 10.1 Å². The highest BCUT2D eigenvalue weighted by Crippen LogP contribution is 2.33. The second kappa shape index (κ2) is 7.48. The van der Waals surface area contributed by atoms with Gasteiger partial charge in [0.05, 0.1) is 22.4 Å². The Balaban J connectivity index is 1.63. The molecule has 2 aromatic heterocycles. The number of carbonyl (C=O) groups is 1. The first kappa shape index (κ1) is 17.7. The fraction of sp³-hybridized carbons (Fsp3) is 0.286. The lowest BCUT2D eigenvalue weighted by Crippen LogP contribution is -2.04. The molecule has 0 bridgehead atoms. The summed E-state index contributed by atoms with van der Waals surface area (Å²) < 4.78 is 6.18. The largest absolute Gasteiger partial charge is 0.462 e. The molecule has 3 aromatic rings. The van der Waals surface area contributed by atoms with E-state index in [2.05, 4.69) is 20.7 Å². The maximum Gasteiger partial charge on any atom is 0.338 e. The number of aryl methyl sites for hydroxylation is 1. The van der Waals surface area contributed by atoms with Gasteiger partial charge in [-0.1, -0.05) is 18.2 Å². The van der Waals surface area contributed by atoms with E-state index in [1.54, 1.807) is 23.7 Å². The average Bonchev–Trinajstić information content (AvgIpc) is 3.38. The number of nitrogens with one attached hydrogen (secondary N) is 1. The molecule has 27 heavy (non-hydrogen) atoms. The number of ether oxygens (including phenoxy) is 1. The third kappa shape index (κ3) is 3.85. The molecule has 0 unspecified atom stereocenters. The smallest absolute Gasteiger partial charge is 0.338 e. The highest BCUT2D eigenvalue weighted by atomic mass is 32.1. The standard InChI is InChI=1S/C21H21N3O2S/c1-3-26-21(25)15-5-4-13(2)14(10-15)6-7-16-11-27-19-18(16)22-12-23-20(19)24-17-8-9-17/h4-7,10-12,17H,3,8-9H2,1-2H3,(H,22,23,24)/b7-6+. The van der Waals surface area contributed by atoms with Gasteiger partial charge in [-0.2, -0.15) is 0 Å². The van der Waals surface area contributed by atoms with Crippen LogP contribution >= 0.6 is 11.3 Å². The number of nitrogens with zero attached hydrogens (tertiary/aromatic N) is 2. The van der Waals surface area contributed by atoms with Crippen LogP contribution in [0.2, 0.25) is 0 Å². The van der Waals surface area contributed by atoms with Crippen molar-refractivity contribution in [2.75, 3.05) is 11.9 Å². The van der Waals surface area contributed by atoms with Crippen LogP contribution in [0, 0.1) is 6.92 Å². The van der Waals surface area contributed by atoms with Crippen LogP contribution in [0.1, 0.15) is 46.8 Å². The van der Waals surface area contributed by atoms with Gasteiger partial charge in [0.15, 0.2) is 0 Å². The quantitative estimate of drug-likeness (QED) is 0.616. The van der Waals surface area contributed by atoms with Gasteiger partial charge >= 0.3 is 5.97 Å². The van der Waals surface area contributed by atoms with Crippen LogP contribution in [0.3, 0.4) is 0 Å². The molecule has 0 radical (unpaired) electrons. The van der Waals surface area contributed by atoms with Crippen molar-refractivity contribution in [1.82, 2.24) is 9.97 Å². The first-order valence-corrected chi connectivity index (χ1v) is 9.98. The number of rotatable bonds is 6. The Kier molecular flexibility index (Phi) is 4.90. The fourth-order valence-corrected chi connectivity index (χ4v) is 3.79. The molecule has 0 spiro atoms. The summed E-state index contributed by atoms with van der Waals surface area (Å²) in [6, 6.07) is 6.16. The summed E-state index contributed by atoms with van der Waals surface area (Å²) >= 11 is 1.65. The Morgan fingerprint density at radius 3 is 2.89 bits per heavy atom. The number of thiophene rings is 1. The molecule has 138 valence electrons. The Morgan fingerprint density at radius 1 is 1.30 bits per heavy atom. The molecule has 1 fully saturated rings. The minimum absolute atomic E-state index is 0.295. The van der Waals surface area contributed by atoms with E-state index >= 15 is 0 Å². The number of carbonyl (C=O) groups excluding carboxylic acids is 1. The zero-order valence-electron chi connectivity index (χ0n) is 15.4. The summed E-state index contributed by atoms with van der Waals surface area (Å²) in [6.07, 6.45) is 8.10. The van der Waals surface area contributed by atoms with Crippen molar-refractivity contribution in [1.29, 1.82) is 0 Å². The van der Waals surface area contributed by atoms with E-state index in [0.717, 1.165) is 32.7 Å². The Morgan fingerprint density at radius 2 is 2.11 bits per heavy atom. The molecule has 0 aliphatic heterocycles. The zero-order chi connectivity index (χ0) is 18.8. The minimum Gasteiger partial charge on any atom is -0.462 e. The number of hydrogen-bond acceptors (Lipinski definition) is 6. The molecule has 4 rings (SSSR count). The molecule has 2 heterocycles. The first-order valence-electron chi connectivity index (χ1n) is 9.10.